The molecule has 6 nitrogen and oxygen atoms in total. The van der Waals surface area contributed by atoms with Crippen molar-refractivity contribution in [2.75, 3.05) is 19.0 Å². The first-order valence-corrected chi connectivity index (χ1v) is 7.86. The van der Waals surface area contributed by atoms with Crippen molar-refractivity contribution in [1.29, 1.82) is 0 Å². The SMILES string of the molecule is COc1cccc(CNc2ccccc2OCCC(N)=O)c1OC(F)F. The zero-order chi connectivity index (χ0) is 18.9. The highest BCUT2D eigenvalue weighted by Crippen LogP contribution is 2.33. The largest absolute Gasteiger partial charge is 0.493 e. The summed E-state index contributed by atoms with van der Waals surface area (Å²) in [5, 5.41) is 3.11. The van der Waals surface area contributed by atoms with Crippen LogP contribution < -0.4 is 25.3 Å². The number of hydrogen-bond donors (Lipinski definition) is 2. The molecule has 26 heavy (non-hydrogen) atoms. The van der Waals surface area contributed by atoms with E-state index in [4.69, 9.17) is 15.2 Å². The van der Waals surface area contributed by atoms with E-state index >= 15 is 0 Å². The molecule has 0 spiro atoms. The van der Waals surface area contributed by atoms with Gasteiger partial charge in [-0.1, -0.05) is 24.3 Å². The first kappa shape index (κ1) is 19.3. The van der Waals surface area contributed by atoms with Gasteiger partial charge in [0.1, 0.15) is 5.75 Å². The highest BCUT2D eigenvalue weighted by Gasteiger charge is 2.15. The maximum absolute atomic E-state index is 12.7. The van der Waals surface area contributed by atoms with E-state index in [9.17, 15) is 13.6 Å². The molecule has 0 fully saturated rings. The molecule has 2 aromatic carbocycles. The Labute approximate surface area is 149 Å². The van der Waals surface area contributed by atoms with E-state index in [0.717, 1.165) is 0 Å². The van der Waals surface area contributed by atoms with E-state index in [-0.39, 0.29) is 31.1 Å². The van der Waals surface area contributed by atoms with Crippen LogP contribution in [0, 0.1) is 0 Å². The number of anilines is 1. The van der Waals surface area contributed by atoms with Gasteiger partial charge in [0.05, 0.1) is 25.8 Å². The highest BCUT2D eigenvalue weighted by atomic mass is 19.3. The molecule has 0 radical (unpaired) electrons. The van der Waals surface area contributed by atoms with Gasteiger partial charge >= 0.3 is 6.61 Å². The molecule has 2 aromatic rings. The van der Waals surface area contributed by atoms with Gasteiger partial charge in [-0.2, -0.15) is 8.78 Å². The molecule has 0 unspecified atom stereocenters. The van der Waals surface area contributed by atoms with E-state index in [2.05, 4.69) is 10.1 Å². The van der Waals surface area contributed by atoms with Crippen LogP contribution in [0.3, 0.4) is 0 Å². The summed E-state index contributed by atoms with van der Waals surface area (Å²) in [7, 11) is 1.38. The quantitative estimate of drug-likeness (QED) is 0.675. The number of benzene rings is 2. The fraction of sp³-hybridized carbons (Fsp3) is 0.278. The van der Waals surface area contributed by atoms with E-state index in [1.54, 1.807) is 42.5 Å². The number of nitrogens with one attached hydrogen (secondary N) is 1. The zero-order valence-corrected chi connectivity index (χ0v) is 14.2. The number of rotatable bonds is 10. The Morgan fingerprint density at radius 2 is 1.88 bits per heavy atom. The average Bonchev–Trinajstić information content (AvgIpc) is 2.61. The number of nitrogens with two attached hydrogens (primary N) is 1. The number of hydrogen-bond acceptors (Lipinski definition) is 5. The van der Waals surface area contributed by atoms with Gasteiger partial charge in [0.2, 0.25) is 5.91 Å². The van der Waals surface area contributed by atoms with Crippen molar-refractivity contribution in [1.82, 2.24) is 0 Å². The summed E-state index contributed by atoms with van der Waals surface area (Å²) in [6, 6.07) is 12.0. The number of carbonyl (C=O) groups excluding carboxylic acids is 1. The van der Waals surface area contributed by atoms with E-state index in [1.165, 1.54) is 7.11 Å². The summed E-state index contributed by atoms with van der Waals surface area (Å²) in [6.07, 6.45) is 0.0938. The van der Waals surface area contributed by atoms with Gasteiger partial charge in [0.25, 0.3) is 0 Å². The summed E-state index contributed by atoms with van der Waals surface area (Å²) in [5.41, 5.74) is 6.23. The predicted octanol–water partition coefficient (Wildman–Crippen LogP) is 3.16. The lowest BCUT2D eigenvalue weighted by Gasteiger charge is -2.16. The summed E-state index contributed by atoms with van der Waals surface area (Å²) in [4.78, 5) is 10.8. The van der Waals surface area contributed by atoms with Crippen LogP contribution >= 0.6 is 0 Å². The second-order valence-corrected chi connectivity index (χ2v) is 5.24. The van der Waals surface area contributed by atoms with Crippen LogP contribution in [0.2, 0.25) is 0 Å². The van der Waals surface area contributed by atoms with Crippen molar-refractivity contribution in [3.8, 4) is 17.2 Å². The van der Waals surface area contributed by atoms with Crippen LogP contribution in [0.25, 0.3) is 0 Å². The lowest BCUT2D eigenvalue weighted by Crippen LogP contribution is -2.15. The first-order chi connectivity index (χ1) is 12.5. The molecule has 3 N–H and O–H groups in total. The second kappa shape index (κ2) is 9.45. The van der Waals surface area contributed by atoms with Gasteiger partial charge in [-0.15, -0.1) is 0 Å². The summed E-state index contributed by atoms with van der Waals surface area (Å²) in [5.74, 6) is 0.258. The standard InChI is InChI=1S/C18H20F2N2O4/c1-24-15-8-4-5-12(17(15)26-18(19)20)11-22-13-6-2-3-7-14(13)25-10-9-16(21)23/h2-8,18,22H,9-11H2,1H3,(H2,21,23). The zero-order valence-electron chi connectivity index (χ0n) is 14.2. The van der Waals surface area contributed by atoms with Crippen LogP contribution in [0.15, 0.2) is 42.5 Å². The molecule has 0 saturated carbocycles. The van der Waals surface area contributed by atoms with Crippen molar-refractivity contribution in [3.05, 3.63) is 48.0 Å². The fourth-order valence-electron chi connectivity index (χ4n) is 2.27. The van der Waals surface area contributed by atoms with Gasteiger partial charge < -0.3 is 25.3 Å². The molecule has 0 saturated heterocycles. The Morgan fingerprint density at radius 1 is 1.15 bits per heavy atom. The number of ether oxygens (including phenoxy) is 3. The number of para-hydroxylation sites is 3. The maximum atomic E-state index is 12.7. The van der Waals surface area contributed by atoms with Crippen molar-refractivity contribution >= 4 is 11.6 Å². The van der Waals surface area contributed by atoms with Crippen LogP contribution in [0.4, 0.5) is 14.5 Å². The number of carbonyl (C=O) groups is 1. The van der Waals surface area contributed by atoms with Crippen molar-refractivity contribution in [2.24, 2.45) is 5.73 Å². The Hall–Kier alpha value is -3.03. The van der Waals surface area contributed by atoms with Gasteiger partial charge in [-0.05, 0) is 18.2 Å². The van der Waals surface area contributed by atoms with Crippen molar-refractivity contribution < 1.29 is 27.8 Å². The highest BCUT2D eigenvalue weighted by molar-refractivity contribution is 5.73. The fourth-order valence-corrected chi connectivity index (χ4v) is 2.27. The molecule has 0 aliphatic heterocycles. The minimum absolute atomic E-state index is 0.0235. The normalized spacial score (nSPS) is 10.5. The molecule has 0 aliphatic carbocycles. The molecule has 8 heteroatoms. The summed E-state index contributed by atoms with van der Waals surface area (Å²) >= 11 is 0. The van der Waals surface area contributed by atoms with Crippen LogP contribution in [-0.2, 0) is 11.3 Å². The molecular formula is C18H20F2N2O4. The smallest absolute Gasteiger partial charge is 0.387 e. The molecule has 0 aromatic heterocycles. The van der Waals surface area contributed by atoms with Gasteiger partial charge in [0, 0.05) is 12.1 Å². The molecule has 2 rings (SSSR count). The van der Waals surface area contributed by atoms with E-state index in [1.807, 2.05) is 0 Å². The maximum Gasteiger partial charge on any atom is 0.387 e. The number of methoxy groups -OCH3 is 1. The lowest BCUT2D eigenvalue weighted by atomic mass is 10.1. The number of amides is 1. The molecule has 0 heterocycles. The molecular weight excluding hydrogens is 346 g/mol. The summed E-state index contributed by atoms with van der Waals surface area (Å²) in [6.45, 7) is -2.61. The van der Waals surface area contributed by atoms with Crippen LogP contribution in [0.1, 0.15) is 12.0 Å². The molecule has 1 amide bonds. The summed E-state index contributed by atoms with van der Waals surface area (Å²) < 4.78 is 40.6. The third-order valence-corrected chi connectivity index (χ3v) is 3.45. The molecule has 0 aliphatic rings. The molecule has 0 bridgehead atoms. The second-order valence-electron chi connectivity index (χ2n) is 5.24. The first-order valence-electron chi connectivity index (χ1n) is 7.86. The Morgan fingerprint density at radius 3 is 2.58 bits per heavy atom. The van der Waals surface area contributed by atoms with Crippen LogP contribution in [0.5, 0.6) is 17.2 Å². The van der Waals surface area contributed by atoms with Gasteiger partial charge in [-0.3, -0.25) is 4.79 Å². The Kier molecular flexibility index (Phi) is 7.02. The number of halogens is 2. The van der Waals surface area contributed by atoms with E-state index < -0.39 is 12.5 Å². The van der Waals surface area contributed by atoms with Crippen LogP contribution in [-0.4, -0.2) is 26.2 Å². The number of primary amides is 1. The van der Waals surface area contributed by atoms with Crippen molar-refractivity contribution in [3.63, 3.8) is 0 Å². The Bertz CT molecular complexity index is 741. The monoisotopic (exact) mass is 366 g/mol. The lowest BCUT2D eigenvalue weighted by molar-refractivity contribution is -0.118. The molecule has 140 valence electrons. The van der Waals surface area contributed by atoms with Gasteiger partial charge in [0.15, 0.2) is 11.5 Å². The van der Waals surface area contributed by atoms with Gasteiger partial charge in [-0.25, -0.2) is 0 Å². The third kappa shape index (κ3) is 5.51. The third-order valence-electron chi connectivity index (χ3n) is 3.45. The predicted molar refractivity (Wildman–Crippen MR) is 92.7 cm³/mol. The van der Waals surface area contributed by atoms with E-state index in [0.29, 0.717) is 17.0 Å². The molecule has 0 atom stereocenters. The number of alkyl halides is 2. The Balaban J connectivity index is 2.12. The van der Waals surface area contributed by atoms with Crippen molar-refractivity contribution in [2.45, 2.75) is 19.6 Å². The minimum Gasteiger partial charge on any atom is -0.493 e. The minimum atomic E-state index is -2.96. The average molecular weight is 366 g/mol. The topological polar surface area (TPSA) is 82.8 Å².